The number of likely N-dealkylation sites (N-methyl/N-ethyl adjacent to an activating group) is 1. The van der Waals surface area contributed by atoms with Crippen LogP contribution < -0.4 is 15.0 Å². The first kappa shape index (κ1) is 16.8. The first-order valence-electron chi connectivity index (χ1n) is 8.65. The van der Waals surface area contributed by atoms with Crippen LogP contribution in [-0.4, -0.2) is 56.0 Å². The van der Waals surface area contributed by atoms with Gasteiger partial charge in [0, 0.05) is 37.8 Å². The molecule has 130 valence electrons. The number of hydrogen-bond donors (Lipinski definition) is 1. The van der Waals surface area contributed by atoms with Gasteiger partial charge >= 0.3 is 0 Å². The third-order valence-corrected chi connectivity index (χ3v) is 4.81. The van der Waals surface area contributed by atoms with Crippen molar-refractivity contribution < 1.29 is 14.3 Å². The molecule has 2 amide bonds. The first-order chi connectivity index (χ1) is 11.6. The molecule has 0 unspecified atom stereocenters. The molecule has 24 heavy (non-hydrogen) atoms. The Bertz CT molecular complexity index is 599. The van der Waals surface area contributed by atoms with Crippen LogP contribution in [0.15, 0.2) is 24.3 Å². The summed E-state index contributed by atoms with van der Waals surface area (Å²) < 4.78 is 5.67. The van der Waals surface area contributed by atoms with Crippen LogP contribution in [0.1, 0.15) is 25.7 Å². The topological polar surface area (TPSA) is 61.9 Å². The lowest BCUT2D eigenvalue weighted by molar-refractivity contribution is -0.134. The lowest BCUT2D eigenvalue weighted by Crippen LogP contribution is -2.45. The van der Waals surface area contributed by atoms with Gasteiger partial charge < -0.3 is 19.9 Å². The minimum atomic E-state index is -0.00967. The van der Waals surface area contributed by atoms with Crippen molar-refractivity contribution in [2.24, 2.45) is 0 Å². The van der Waals surface area contributed by atoms with Crippen LogP contribution in [0.2, 0.25) is 0 Å². The second kappa shape index (κ2) is 7.66. The van der Waals surface area contributed by atoms with Gasteiger partial charge in [-0.15, -0.1) is 0 Å². The molecule has 1 aromatic carbocycles. The van der Waals surface area contributed by atoms with Crippen molar-refractivity contribution >= 4 is 17.5 Å². The molecule has 0 atom stereocenters. The summed E-state index contributed by atoms with van der Waals surface area (Å²) >= 11 is 0. The molecule has 0 saturated carbocycles. The predicted molar refractivity (Wildman–Crippen MR) is 92.2 cm³/mol. The quantitative estimate of drug-likeness (QED) is 0.886. The number of amides is 2. The average molecular weight is 331 g/mol. The molecule has 3 rings (SSSR count). The van der Waals surface area contributed by atoms with Crippen LogP contribution in [0, 0.1) is 0 Å². The van der Waals surface area contributed by atoms with Crippen LogP contribution in [0.25, 0.3) is 0 Å². The molecule has 6 heteroatoms. The molecule has 2 heterocycles. The summed E-state index contributed by atoms with van der Waals surface area (Å²) in [7, 11) is 1.85. The van der Waals surface area contributed by atoms with E-state index in [-0.39, 0.29) is 24.5 Å². The lowest BCUT2D eigenvalue weighted by atomic mass is 10.1. The Morgan fingerprint density at radius 2 is 2.17 bits per heavy atom. The van der Waals surface area contributed by atoms with Crippen molar-refractivity contribution in [2.45, 2.75) is 31.7 Å². The average Bonchev–Trinajstić information content (AvgIpc) is 3.06. The van der Waals surface area contributed by atoms with Gasteiger partial charge in [-0.3, -0.25) is 9.59 Å². The highest BCUT2D eigenvalue weighted by Gasteiger charge is 2.23. The van der Waals surface area contributed by atoms with Gasteiger partial charge in [0.15, 0.2) is 6.61 Å². The van der Waals surface area contributed by atoms with E-state index in [9.17, 15) is 9.59 Å². The molecule has 0 bridgehead atoms. The van der Waals surface area contributed by atoms with Crippen molar-refractivity contribution in [3.63, 3.8) is 0 Å². The van der Waals surface area contributed by atoms with Crippen molar-refractivity contribution in [1.29, 1.82) is 0 Å². The van der Waals surface area contributed by atoms with Crippen molar-refractivity contribution in [1.82, 2.24) is 10.2 Å². The molecule has 2 aliphatic heterocycles. The molecule has 0 aromatic heterocycles. The maximum Gasteiger partial charge on any atom is 0.260 e. The predicted octanol–water partition coefficient (Wildman–Crippen LogP) is 1.40. The van der Waals surface area contributed by atoms with Gasteiger partial charge in [0.05, 0.1) is 0 Å². The Labute approximate surface area is 142 Å². The Morgan fingerprint density at radius 3 is 2.88 bits per heavy atom. The Kier molecular flexibility index (Phi) is 5.35. The van der Waals surface area contributed by atoms with E-state index in [0.29, 0.717) is 12.2 Å². The summed E-state index contributed by atoms with van der Waals surface area (Å²) in [5.74, 6) is 0.762. The molecule has 6 nitrogen and oxygen atoms in total. The third-order valence-electron chi connectivity index (χ3n) is 4.81. The molecule has 1 N–H and O–H groups in total. The summed E-state index contributed by atoms with van der Waals surface area (Å²) in [6.07, 6.45) is 3.46. The number of piperidine rings is 1. The number of carbonyl (C=O) groups is 2. The molecular formula is C18H25N3O3. The van der Waals surface area contributed by atoms with E-state index in [2.05, 4.69) is 5.32 Å². The fourth-order valence-electron chi connectivity index (χ4n) is 3.31. The Hall–Kier alpha value is -2.08. The maximum atomic E-state index is 12.3. The molecule has 2 fully saturated rings. The zero-order valence-corrected chi connectivity index (χ0v) is 14.2. The Morgan fingerprint density at radius 1 is 1.38 bits per heavy atom. The van der Waals surface area contributed by atoms with E-state index in [0.717, 1.165) is 44.6 Å². The van der Waals surface area contributed by atoms with E-state index in [1.165, 1.54) is 0 Å². The molecule has 2 aliphatic rings. The highest BCUT2D eigenvalue weighted by Crippen LogP contribution is 2.25. The normalized spacial score (nSPS) is 18.7. The molecule has 0 aliphatic carbocycles. The van der Waals surface area contributed by atoms with Gasteiger partial charge in [-0.05, 0) is 44.5 Å². The number of benzene rings is 1. The fourth-order valence-corrected chi connectivity index (χ4v) is 3.31. The number of nitrogens with zero attached hydrogens (tertiary/aromatic N) is 2. The number of carbonyl (C=O) groups excluding carboxylic acids is 2. The van der Waals surface area contributed by atoms with Gasteiger partial charge in [0.25, 0.3) is 5.91 Å². The summed E-state index contributed by atoms with van der Waals surface area (Å²) in [5, 5.41) is 3.30. The number of ether oxygens (including phenoxy) is 1. The van der Waals surface area contributed by atoms with Gasteiger partial charge in [-0.1, -0.05) is 6.07 Å². The zero-order chi connectivity index (χ0) is 16.9. The van der Waals surface area contributed by atoms with Gasteiger partial charge in [-0.25, -0.2) is 0 Å². The summed E-state index contributed by atoms with van der Waals surface area (Å²) in [4.78, 5) is 27.7. The number of rotatable bonds is 5. The van der Waals surface area contributed by atoms with Crippen LogP contribution >= 0.6 is 0 Å². The molecule has 2 saturated heterocycles. The minimum Gasteiger partial charge on any atom is -0.484 e. The highest BCUT2D eigenvalue weighted by atomic mass is 16.5. The monoisotopic (exact) mass is 331 g/mol. The SMILES string of the molecule is CN(C(=O)COc1cccc(N2CCCC2=O)c1)C1CCNCC1. The zero-order valence-electron chi connectivity index (χ0n) is 14.2. The second-order valence-electron chi connectivity index (χ2n) is 6.42. The summed E-state index contributed by atoms with van der Waals surface area (Å²) in [6.45, 7) is 2.68. The van der Waals surface area contributed by atoms with E-state index in [4.69, 9.17) is 4.74 Å². The lowest BCUT2D eigenvalue weighted by Gasteiger charge is -2.31. The van der Waals surface area contributed by atoms with E-state index < -0.39 is 0 Å². The van der Waals surface area contributed by atoms with Crippen molar-refractivity contribution in [3.05, 3.63) is 24.3 Å². The smallest absolute Gasteiger partial charge is 0.260 e. The van der Waals surface area contributed by atoms with Crippen LogP contribution in [0.5, 0.6) is 5.75 Å². The van der Waals surface area contributed by atoms with E-state index in [1.54, 1.807) is 9.80 Å². The van der Waals surface area contributed by atoms with Crippen LogP contribution in [-0.2, 0) is 9.59 Å². The number of anilines is 1. The highest BCUT2D eigenvalue weighted by molar-refractivity contribution is 5.95. The van der Waals surface area contributed by atoms with Crippen LogP contribution in [0.3, 0.4) is 0 Å². The standard InChI is InChI=1S/C18H25N3O3/c1-20(14-7-9-19-10-8-14)18(23)13-24-16-5-2-4-15(12-16)21-11-3-6-17(21)22/h2,4-5,12,14,19H,3,6-11,13H2,1H3. The van der Waals surface area contributed by atoms with E-state index >= 15 is 0 Å². The second-order valence-corrected chi connectivity index (χ2v) is 6.42. The molecular weight excluding hydrogens is 306 g/mol. The maximum absolute atomic E-state index is 12.3. The molecule has 1 aromatic rings. The number of hydrogen-bond acceptors (Lipinski definition) is 4. The van der Waals surface area contributed by atoms with Crippen LogP contribution in [0.4, 0.5) is 5.69 Å². The van der Waals surface area contributed by atoms with Gasteiger partial charge in [0.2, 0.25) is 5.91 Å². The molecule has 0 radical (unpaired) electrons. The number of nitrogens with one attached hydrogen (secondary N) is 1. The first-order valence-corrected chi connectivity index (χ1v) is 8.65. The minimum absolute atomic E-state index is 0.00967. The molecule has 0 spiro atoms. The summed E-state index contributed by atoms with van der Waals surface area (Å²) in [6, 6.07) is 7.70. The van der Waals surface area contributed by atoms with E-state index in [1.807, 2.05) is 31.3 Å². The summed E-state index contributed by atoms with van der Waals surface area (Å²) in [5.41, 5.74) is 0.842. The Balaban J connectivity index is 1.56. The van der Waals surface area contributed by atoms with Crippen molar-refractivity contribution in [3.8, 4) is 5.75 Å². The third kappa shape index (κ3) is 3.87. The largest absolute Gasteiger partial charge is 0.484 e. The van der Waals surface area contributed by atoms with Gasteiger partial charge in [-0.2, -0.15) is 0 Å². The van der Waals surface area contributed by atoms with Gasteiger partial charge in [0.1, 0.15) is 5.75 Å². The fraction of sp³-hybridized carbons (Fsp3) is 0.556. The van der Waals surface area contributed by atoms with Crippen molar-refractivity contribution in [2.75, 3.05) is 38.2 Å².